The lowest BCUT2D eigenvalue weighted by Gasteiger charge is -2.19. The second-order valence-electron chi connectivity index (χ2n) is 4.05. The Bertz CT molecular complexity index is 379. The minimum atomic E-state index is -0.441. The average Bonchev–Trinajstić information content (AvgIpc) is 2.59. The van der Waals surface area contributed by atoms with Gasteiger partial charge < -0.3 is 5.11 Å². The highest BCUT2D eigenvalue weighted by molar-refractivity contribution is 5.25. The highest BCUT2D eigenvalue weighted by atomic mass is 16.3. The van der Waals surface area contributed by atoms with E-state index in [4.69, 9.17) is 0 Å². The summed E-state index contributed by atoms with van der Waals surface area (Å²) in [6.07, 6.45) is -0.441. The van der Waals surface area contributed by atoms with Crippen LogP contribution < -0.4 is 0 Å². The van der Waals surface area contributed by atoms with Crippen molar-refractivity contribution in [3.63, 3.8) is 0 Å². The van der Waals surface area contributed by atoms with Gasteiger partial charge in [0, 0.05) is 5.92 Å². The molecule has 0 heterocycles. The Kier molecular flexibility index (Phi) is 10.3. The van der Waals surface area contributed by atoms with Crippen LogP contribution in [0.4, 0.5) is 0 Å². The molecule has 1 N–H and O–H groups in total. The fourth-order valence-corrected chi connectivity index (χ4v) is 1.88. The smallest absolute Gasteiger partial charge is 0.0855 e. The predicted octanol–water partition coefficient (Wildman–Crippen LogP) is 5.58. The first-order valence-corrected chi connectivity index (χ1v) is 7.57. The van der Waals surface area contributed by atoms with Gasteiger partial charge in [-0.3, -0.25) is 0 Å². The van der Waals surface area contributed by atoms with Crippen LogP contribution in [0, 0.1) is 0 Å². The van der Waals surface area contributed by atoms with Crippen molar-refractivity contribution in [2.45, 2.75) is 46.6 Å². The van der Waals surface area contributed by atoms with Crippen LogP contribution in [0.3, 0.4) is 0 Å². The van der Waals surface area contributed by atoms with Crippen molar-refractivity contribution in [2.24, 2.45) is 0 Å². The summed E-state index contributed by atoms with van der Waals surface area (Å²) in [4.78, 5) is 0. The second kappa shape index (κ2) is 11.2. The number of hydrogen-bond acceptors (Lipinski definition) is 1. The molecule has 20 heavy (non-hydrogen) atoms. The van der Waals surface area contributed by atoms with Crippen molar-refractivity contribution in [1.82, 2.24) is 0 Å². The van der Waals surface area contributed by atoms with Crippen molar-refractivity contribution < 1.29 is 5.11 Å². The van der Waals surface area contributed by atoms with Gasteiger partial charge >= 0.3 is 0 Å². The molecule has 2 rings (SSSR count). The zero-order chi connectivity index (χ0) is 15.4. The van der Waals surface area contributed by atoms with Crippen molar-refractivity contribution in [3.05, 3.63) is 71.8 Å². The minimum Gasteiger partial charge on any atom is -0.388 e. The Hall–Kier alpha value is -1.60. The zero-order valence-electron chi connectivity index (χ0n) is 13.4. The van der Waals surface area contributed by atoms with Gasteiger partial charge in [-0.05, 0) is 11.1 Å². The maximum atomic E-state index is 10.2. The molecule has 2 aromatic rings. The van der Waals surface area contributed by atoms with Crippen LogP contribution in [0.5, 0.6) is 0 Å². The molecule has 0 aliphatic rings. The maximum Gasteiger partial charge on any atom is 0.0855 e. The first kappa shape index (κ1) is 18.4. The average molecular weight is 272 g/mol. The lowest BCUT2D eigenvalue weighted by molar-refractivity contribution is 0.151. The molecule has 0 saturated heterocycles. The summed E-state index contributed by atoms with van der Waals surface area (Å²) >= 11 is 0. The second-order valence-corrected chi connectivity index (χ2v) is 4.05. The van der Waals surface area contributed by atoms with Crippen LogP contribution in [-0.2, 0) is 0 Å². The Morgan fingerprint density at radius 1 is 0.650 bits per heavy atom. The molecule has 0 bridgehead atoms. The van der Waals surface area contributed by atoms with E-state index in [0.717, 1.165) is 5.56 Å². The first-order valence-electron chi connectivity index (χ1n) is 7.57. The Morgan fingerprint density at radius 2 is 1.00 bits per heavy atom. The van der Waals surface area contributed by atoms with Crippen LogP contribution in [0.15, 0.2) is 60.7 Å². The molecule has 1 nitrogen and oxygen atoms in total. The predicted molar refractivity (Wildman–Crippen MR) is 89.0 cm³/mol. The monoisotopic (exact) mass is 272 g/mol. The summed E-state index contributed by atoms with van der Waals surface area (Å²) in [5, 5.41) is 10.2. The number of rotatable bonds is 3. The molecule has 0 saturated carbocycles. The van der Waals surface area contributed by atoms with Gasteiger partial charge in [-0.15, -0.1) is 0 Å². The third kappa shape index (κ3) is 5.58. The molecule has 2 unspecified atom stereocenters. The molecule has 0 aliphatic carbocycles. The first-order chi connectivity index (χ1) is 9.79. The van der Waals surface area contributed by atoms with Gasteiger partial charge in [0.2, 0.25) is 0 Å². The molecule has 0 radical (unpaired) electrons. The molecule has 0 spiro atoms. The van der Waals surface area contributed by atoms with Gasteiger partial charge in [0.15, 0.2) is 0 Å². The van der Waals surface area contributed by atoms with E-state index >= 15 is 0 Å². The summed E-state index contributed by atoms with van der Waals surface area (Å²) in [6.45, 7) is 10.0. The lowest BCUT2D eigenvalue weighted by Crippen LogP contribution is -2.07. The van der Waals surface area contributed by atoms with Gasteiger partial charge in [0.25, 0.3) is 0 Å². The molecule has 0 aromatic heterocycles. The van der Waals surface area contributed by atoms with Gasteiger partial charge in [-0.2, -0.15) is 0 Å². The summed E-state index contributed by atoms with van der Waals surface area (Å²) in [6, 6.07) is 19.9. The van der Waals surface area contributed by atoms with Crippen LogP contribution in [0.1, 0.15) is 57.8 Å². The van der Waals surface area contributed by atoms with Crippen molar-refractivity contribution >= 4 is 0 Å². The van der Waals surface area contributed by atoms with E-state index in [1.807, 2.05) is 83.1 Å². The molecule has 0 aliphatic heterocycles. The normalized spacial score (nSPS) is 12.1. The number of aliphatic hydroxyl groups is 1. The van der Waals surface area contributed by atoms with Crippen LogP contribution in [0.25, 0.3) is 0 Å². The highest BCUT2D eigenvalue weighted by Gasteiger charge is 2.17. The molecule has 2 aromatic carbocycles. The van der Waals surface area contributed by atoms with E-state index in [0.29, 0.717) is 0 Å². The fraction of sp³-hybridized carbons (Fsp3) is 0.368. The topological polar surface area (TPSA) is 20.2 Å². The Labute approximate surface area is 124 Å². The Balaban J connectivity index is 0.000000829. The molecule has 0 fully saturated rings. The molecular formula is C19H28O. The summed E-state index contributed by atoms with van der Waals surface area (Å²) in [5.74, 6) is 0.114. The van der Waals surface area contributed by atoms with E-state index in [2.05, 4.69) is 12.1 Å². The fourth-order valence-electron chi connectivity index (χ4n) is 1.88. The molecule has 110 valence electrons. The van der Waals surface area contributed by atoms with Gasteiger partial charge in [0.1, 0.15) is 0 Å². The van der Waals surface area contributed by atoms with Crippen LogP contribution >= 0.6 is 0 Å². The SMILES string of the molecule is CC.CC.CC(c1ccccc1)C(O)c1ccccc1. The summed E-state index contributed by atoms with van der Waals surface area (Å²) in [5.41, 5.74) is 2.14. The van der Waals surface area contributed by atoms with E-state index in [-0.39, 0.29) is 5.92 Å². The zero-order valence-corrected chi connectivity index (χ0v) is 13.4. The largest absolute Gasteiger partial charge is 0.388 e. The highest BCUT2D eigenvalue weighted by Crippen LogP contribution is 2.29. The van der Waals surface area contributed by atoms with Crippen LogP contribution in [0.2, 0.25) is 0 Å². The van der Waals surface area contributed by atoms with Gasteiger partial charge in [-0.1, -0.05) is 95.3 Å². The van der Waals surface area contributed by atoms with Gasteiger partial charge in [-0.25, -0.2) is 0 Å². The van der Waals surface area contributed by atoms with E-state index in [1.54, 1.807) is 0 Å². The van der Waals surface area contributed by atoms with Crippen molar-refractivity contribution in [1.29, 1.82) is 0 Å². The third-order valence-corrected chi connectivity index (χ3v) is 2.94. The third-order valence-electron chi connectivity index (χ3n) is 2.94. The Morgan fingerprint density at radius 3 is 1.40 bits per heavy atom. The summed E-state index contributed by atoms with van der Waals surface area (Å²) < 4.78 is 0. The number of aliphatic hydroxyl groups excluding tert-OH is 1. The molecule has 0 amide bonds. The van der Waals surface area contributed by atoms with E-state index < -0.39 is 6.10 Å². The quantitative estimate of drug-likeness (QED) is 0.773. The van der Waals surface area contributed by atoms with E-state index in [9.17, 15) is 5.11 Å². The van der Waals surface area contributed by atoms with Crippen LogP contribution in [-0.4, -0.2) is 5.11 Å². The molecule has 2 atom stereocenters. The number of benzene rings is 2. The van der Waals surface area contributed by atoms with E-state index in [1.165, 1.54) is 5.56 Å². The minimum absolute atomic E-state index is 0.114. The van der Waals surface area contributed by atoms with Gasteiger partial charge in [0.05, 0.1) is 6.10 Å². The maximum absolute atomic E-state index is 10.2. The standard InChI is InChI=1S/C15H16O.2C2H6/c1-12(13-8-4-2-5-9-13)15(16)14-10-6-3-7-11-14;2*1-2/h2-12,15-16H,1H3;2*1-2H3. The number of hydrogen-bond donors (Lipinski definition) is 1. The lowest BCUT2D eigenvalue weighted by atomic mass is 9.91. The van der Waals surface area contributed by atoms with Crippen molar-refractivity contribution in [2.75, 3.05) is 0 Å². The summed E-state index contributed by atoms with van der Waals surface area (Å²) in [7, 11) is 0. The molecular weight excluding hydrogens is 244 g/mol. The van der Waals surface area contributed by atoms with Crippen molar-refractivity contribution in [3.8, 4) is 0 Å². The molecule has 1 heteroatoms.